The van der Waals surface area contributed by atoms with Crippen LogP contribution in [0.3, 0.4) is 0 Å². The van der Waals surface area contributed by atoms with Gasteiger partial charge in [-0.2, -0.15) is 0 Å². The molecule has 0 N–H and O–H groups in total. The van der Waals surface area contributed by atoms with E-state index in [1.54, 1.807) is 0 Å². The van der Waals surface area contributed by atoms with Crippen LogP contribution in [0, 0.1) is 11.8 Å². The quantitative estimate of drug-likeness (QED) is 0.716. The van der Waals surface area contributed by atoms with Gasteiger partial charge in [-0.05, 0) is 43.9 Å². The summed E-state index contributed by atoms with van der Waals surface area (Å²) in [7, 11) is -0.504. The molecule has 1 aliphatic heterocycles. The fourth-order valence-electron chi connectivity index (χ4n) is 3.91. The number of rotatable bonds is 5. The molecule has 4 atom stereocenters. The van der Waals surface area contributed by atoms with Crippen LogP contribution in [-0.2, 0) is 0 Å². The molecule has 0 amide bonds. The van der Waals surface area contributed by atoms with Crippen LogP contribution in [0.5, 0.6) is 0 Å². The van der Waals surface area contributed by atoms with Gasteiger partial charge in [0.1, 0.15) is 0 Å². The molecule has 1 saturated heterocycles. The first-order valence-electron chi connectivity index (χ1n) is 7.24. The molecule has 104 valence electrons. The number of nitrogens with zero attached hydrogens (tertiary/aromatic N) is 1. The van der Waals surface area contributed by atoms with E-state index in [0.717, 1.165) is 17.2 Å². The molecule has 2 heteroatoms. The average molecular weight is 260 g/mol. The third-order valence-electron chi connectivity index (χ3n) is 5.81. The summed E-state index contributed by atoms with van der Waals surface area (Å²) in [5, 5.41) is 0.779. The maximum absolute atomic E-state index is 2.67. The van der Waals surface area contributed by atoms with Crippen molar-refractivity contribution < 1.29 is 0 Å². The Hall–Kier alpha value is 0.310. The maximum Gasteiger partial charge on any atom is 0.0378 e. The molecular weight excluding hydrogens is 226 g/mol. The van der Waals surface area contributed by atoms with Crippen molar-refractivity contribution in [2.75, 3.05) is 25.1 Å². The normalized spacial score (nSPS) is 43.3. The molecule has 0 aliphatic carbocycles. The van der Waals surface area contributed by atoms with Crippen molar-refractivity contribution in [2.24, 2.45) is 11.8 Å². The molecule has 1 heterocycles. The summed E-state index contributed by atoms with van der Waals surface area (Å²) in [5.41, 5.74) is 0. The Morgan fingerprint density at radius 2 is 1.71 bits per heavy atom. The lowest BCUT2D eigenvalue weighted by atomic mass is 9.85. The topological polar surface area (TPSA) is 3.24 Å². The van der Waals surface area contributed by atoms with E-state index < -0.39 is 10.0 Å². The molecular formula is C15H33NS. The van der Waals surface area contributed by atoms with E-state index in [9.17, 15) is 0 Å². The summed E-state index contributed by atoms with van der Waals surface area (Å²) < 4.78 is 0.578. The van der Waals surface area contributed by atoms with Crippen molar-refractivity contribution in [2.45, 2.75) is 58.6 Å². The highest BCUT2D eigenvalue weighted by molar-refractivity contribution is 8.35. The Morgan fingerprint density at radius 1 is 1.24 bits per heavy atom. The van der Waals surface area contributed by atoms with Gasteiger partial charge in [0.15, 0.2) is 0 Å². The zero-order valence-electron chi connectivity index (χ0n) is 13.2. The van der Waals surface area contributed by atoms with E-state index in [2.05, 4.69) is 59.6 Å². The van der Waals surface area contributed by atoms with E-state index in [1.807, 2.05) is 0 Å². The van der Waals surface area contributed by atoms with E-state index >= 15 is 0 Å². The number of hydrogen-bond acceptors (Lipinski definition) is 1. The van der Waals surface area contributed by atoms with Crippen molar-refractivity contribution in [1.82, 2.24) is 4.90 Å². The standard InChI is InChI=1S/C15H33NS/c1-9-16(10-2)14(6)17(8)11-13(5)15(17,7)12(3)4/h12-14H,9-11H2,1-8H3. The van der Waals surface area contributed by atoms with Crippen LogP contribution in [0.15, 0.2) is 0 Å². The summed E-state index contributed by atoms with van der Waals surface area (Å²) in [6.45, 7) is 19.4. The molecule has 0 aromatic carbocycles. The minimum atomic E-state index is -0.504. The lowest BCUT2D eigenvalue weighted by Gasteiger charge is -2.71. The summed E-state index contributed by atoms with van der Waals surface area (Å²) in [6, 6.07) is 0. The van der Waals surface area contributed by atoms with E-state index in [-0.39, 0.29) is 0 Å². The van der Waals surface area contributed by atoms with Crippen LogP contribution in [0.2, 0.25) is 0 Å². The minimum Gasteiger partial charge on any atom is -0.294 e. The molecule has 1 fully saturated rings. The molecule has 1 aliphatic rings. The van der Waals surface area contributed by atoms with Crippen LogP contribution in [0.4, 0.5) is 0 Å². The summed E-state index contributed by atoms with van der Waals surface area (Å²) in [6.07, 6.45) is 2.61. The Morgan fingerprint density at radius 3 is 2.00 bits per heavy atom. The molecule has 0 radical (unpaired) electrons. The third-order valence-corrected chi connectivity index (χ3v) is 11.7. The van der Waals surface area contributed by atoms with Crippen LogP contribution in [0.25, 0.3) is 0 Å². The van der Waals surface area contributed by atoms with Gasteiger partial charge in [-0.25, -0.2) is 10.0 Å². The van der Waals surface area contributed by atoms with Gasteiger partial charge >= 0.3 is 0 Å². The molecule has 17 heavy (non-hydrogen) atoms. The minimum absolute atomic E-state index is 0.504. The highest BCUT2D eigenvalue weighted by Crippen LogP contribution is 2.74. The van der Waals surface area contributed by atoms with E-state index in [0.29, 0.717) is 4.75 Å². The van der Waals surface area contributed by atoms with Gasteiger partial charge in [0.05, 0.1) is 0 Å². The van der Waals surface area contributed by atoms with Gasteiger partial charge in [0.2, 0.25) is 0 Å². The zero-order valence-corrected chi connectivity index (χ0v) is 14.0. The fourth-order valence-corrected chi connectivity index (χ4v) is 9.40. The molecule has 0 aromatic rings. The Balaban J connectivity index is 2.96. The molecule has 1 rings (SSSR count). The molecule has 1 nitrogen and oxygen atoms in total. The first kappa shape index (κ1) is 15.4. The van der Waals surface area contributed by atoms with Crippen LogP contribution in [0.1, 0.15) is 48.5 Å². The summed E-state index contributed by atoms with van der Waals surface area (Å²) in [5.74, 6) is 3.18. The smallest absolute Gasteiger partial charge is 0.0378 e. The lowest BCUT2D eigenvalue weighted by Crippen LogP contribution is -2.61. The fraction of sp³-hybridized carbons (Fsp3) is 1.00. The molecule has 0 spiro atoms. The first-order valence-corrected chi connectivity index (χ1v) is 9.51. The Kier molecular flexibility index (Phi) is 4.63. The average Bonchev–Trinajstić information content (AvgIpc) is 2.28. The second-order valence-electron chi connectivity index (χ2n) is 6.38. The second kappa shape index (κ2) is 5.13. The second-order valence-corrected chi connectivity index (χ2v) is 10.6. The van der Waals surface area contributed by atoms with Crippen LogP contribution >= 0.6 is 10.0 Å². The van der Waals surface area contributed by atoms with Crippen molar-refractivity contribution in [3.63, 3.8) is 0 Å². The van der Waals surface area contributed by atoms with Gasteiger partial charge in [0, 0.05) is 10.1 Å². The zero-order chi connectivity index (χ0) is 13.4. The summed E-state index contributed by atoms with van der Waals surface area (Å²) in [4.78, 5) is 2.67. The highest BCUT2D eigenvalue weighted by Gasteiger charge is 2.58. The van der Waals surface area contributed by atoms with Crippen molar-refractivity contribution >= 4 is 10.0 Å². The monoisotopic (exact) mass is 259 g/mol. The van der Waals surface area contributed by atoms with Gasteiger partial charge in [-0.15, -0.1) is 0 Å². The molecule has 4 unspecified atom stereocenters. The molecule has 0 aromatic heterocycles. The first-order chi connectivity index (χ1) is 7.75. The largest absolute Gasteiger partial charge is 0.294 e. The maximum atomic E-state index is 2.67. The predicted octanol–water partition coefficient (Wildman–Crippen LogP) is 4.17. The van der Waals surface area contributed by atoms with Crippen molar-refractivity contribution in [3.05, 3.63) is 0 Å². The van der Waals surface area contributed by atoms with E-state index in [4.69, 9.17) is 0 Å². The SMILES string of the molecule is CCN(CC)C(C)S1(C)CC(C)C1(C)C(C)C. The number of hydrogen-bond donors (Lipinski definition) is 0. The van der Waals surface area contributed by atoms with Gasteiger partial charge in [0.25, 0.3) is 0 Å². The lowest BCUT2D eigenvalue weighted by molar-refractivity contribution is 0.264. The molecule has 0 bridgehead atoms. The van der Waals surface area contributed by atoms with Gasteiger partial charge in [-0.3, -0.25) is 4.90 Å². The summed E-state index contributed by atoms with van der Waals surface area (Å²) >= 11 is 0. The molecule has 0 saturated carbocycles. The van der Waals surface area contributed by atoms with Crippen molar-refractivity contribution in [3.8, 4) is 0 Å². The van der Waals surface area contributed by atoms with Crippen LogP contribution < -0.4 is 0 Å². The third kappa shape index (κ3) is 2.06. The van der Waals surface area contributed by atoms with Crippen molar-refractivity contribution in [1.29, 1.82) is 0 Å². The highest BCUT2D eigenvalue weighted by atomic mass is 32.3. The van der Waals surface area contributed by atoms with Gasteiger partial charge < -0.3 is 0 Å². The van der Waals surface area contributed by atoms with Crippen LogP contribution in [-0.4, -0.2) is 40.1 Å². The van der Waals surface area contributed by atoms with Gasteiger partial charge in [-0.1, -0.05) is 41.5 Å². The van der Waals surface area contributed by atoms with E-state index in [1.165, 1.54) is 18.8 Å². The predicted molar refractivity (Wildman–Crippen MR) is 83.2 cm³/mol. The Bertz CT molecular complexity index is 255. The Labute approximate surface area is 111 Å².